The first-order valence-corrected chi connectivity index (χ1v) is 6.25. The Hall–Kier alpha value is -2.44. The number of likely N-dealkylation sites (N-methyl/N-ethyl adjacent to an activating group) is 1. The Bertz CT molecular complexity index is 559. The van der Waals surface area contributed by atoms with E-state index in [0.717, 1.165) is 0 Å². The largest absolute Gasteiger partial charge is 0.375 e. The summed E-state index contributed by atoms with van der Waals surface area (Å²) in [5.74, 6) is 0.0776. The lowest BCUT2D eigenvalue weighted by molar-refractivity contribution is -0.384. The zero-order valence-electron chi connectivity index (χ0n) is 11.0. The number of carbonyl (C=O) groups is 2. The molecule has 1 N–H and O–H groups in total. The third-order valence-corrected chi connectivity index (χ3v) is 3.34. The number of likely N-dealkylation sites (tertiary alicyclic amines) is 1. The van der Waals surface area contributed by atoms with Crippen molar-refractivity contribution < 1.29 is 14.5 Å². The van der Waals surface area contributed by atoms with Crippen LogP contribution in [0.25, 0.3) is 0 Å². The summed E-state index contributed by atoms with van der Waals surface area (Å²) in [6.07, 6.45) is 1.63. The maximum absolute atomic E-state index is 11.4. The van der Waals surface area contributed by atoms with Crippen LogP contribution in [0.3, 0.4) is 0 Å². The average Bonchev–Trinajstić information content (AvgIpc) is 2.43. The van der Waals surface area contributed by atoms with E-state index in [1.54, 1.807) is 11.9 Å². The molecule has 1 heterocycles. The van der Waals surface area contributed by atoms with Crippen LogP contribution in [0.5, 0.6) is 0 Å². The van der Waals surface area contributed by atoms with Gasteiger partial charge >= 0.3 is 0 Å². The van der Waals surface area contributed by atoms with Crippen molar-refractivity contribution in [2.75, 3.05) is 18.9 Å². The van der Waals surface area contributed by atoms with E-state index in [-0.39, 0.29) is 23.2 Å². The van der Waals surface area contributed by atoms with Crippen LogP contribution in [0.2, 0.25) is 0 Å². The minimum Gasteiger partial charge on any atom is -0.375 e. The lowest BCUT2D eigenvalue weighted by atomic mass is 10.0. The van der Waals surface area contributed by atoms with Gasteiger partial charge in [-0.25, -0.2) is 0 Å². The molecule has 1 aromatic carbocycles. The molecular weight excluding hydrogens is 262 g/mol. The molecule has 1 aromatic rings. The summed E-state index contributed by atoms with van der Waals surface area (Å²) < 4.78 is 0. The smallest absolute Gasteiger partial charge is 0.293 e. The fourth-order valence-electron chi connectivity index (χ4n) is 2.25. The summed E-state index contributed by atoms with van der Waals surface area (Å²) in [5, 5.41) is 14.1. The Kier molecular flexibility index (Phi) is 3.97. The van der Waals surface area contributed by atoms with Gasteiger partial charge in [0.15, 0.2) is 0 Å². The first-order chi connectivity index (χ1) is 9.51. The number of hydrogen-bond acceptors (Lipinski definition) is 5. The number of nitro benzene ring substituents is 1. The van der Waals surface area contributed by atoms with Gasteiger partial charge in [0.1, 0.15) is 12.0 Å². The summed E-state index contributed by atoms with van der Waals surface area (Å²) in [6.45, 7) is 0.505. The summed E-state index contributed by atoms with van der Waals surface area (Å²) in [7, 11) is 1.71. The van der Waals surface area contributed by atoms with Crippen molar-refractivity contribution in [3.05, 3.63) is 33.9 Å². The lowest BCUT2D eigenvalue weighted by Gasteiger charge is -2.30. The molecule has 0 spiro atoms. The van der Waals surface area contributed by atoms with Crippen LogP contribution in [0.15, 0.2) is 18.2 Å². The minimum absolute atomic E-state index is 0.0292. The number of hydrogen-bond donors (Lipinski definition) is 1. The van der Waals surface area contributed by atoms with Crippen LogP contribution in [-0.4, -0.2) is 41.7 Å². The first-order valence-electron chi connectivity index (χ1n) is 6.25. The molecule has 2 rings (SSSR count). The molecule has 0 aromatic heterocycles. The first kappa shape index (κ1) is 14.0. The van der Waals surface area contributed by atoms with E-state index in [4.69, 9.17) is 0 Å². The van der Waals surface area contributed by atoms with Crippen LogP contribution in [0.4, 0.5) is 11.4 Å². The molecule has 7 heteroatoms. The molecule has 0 saturated carbocycles. The van der Waals surface area contributed by atoms with Crippen molar-refractivity contribution >= 4 is 23.6 Å². The Balaban J connectivity index is 2.18. The highest BCUT2D eigenvalue weighted by atomic mass is 16.6. The number of amides is 1. The second kappa shape index (κ2) is 5.68. The number of nitro groups is 1. The van der Waals surface area contributed by atoms with Crippen LogP contribution in [0, 0.1) is 10.1 Å². The van der Waals surface area contributed by atoms with Gasteiger partial charge in [-0.3, -0.25) is 19.7 Å². The van der Waals surface area contributed by atoms with E-state index in [1.165, 1.54) is 18.2 Å². The van der Waals surface area contributed by atoms with Gasteiger partial charge < -0.3 is 10.2 Å². The predicted molar refractivity (Wildman–Crippen MR) is 72.8 cm³/mol. The molecule has 0 bridgehead atoms. The standard InChI is InChI=1S/C13H15N3O4/c1-15-7-10(3-5-13(15)18)14-11-4-2-9(8-17)6-12(11)16(19)20/h2,4,6,8,10,14H,3,5,7H2,1H3. The molecular formula is C13H15N3O4. The van der Waals surface area contributed by atoms with Gasteiger partial charge in [0.2, 0.25) is 5.91 Å². The zero-order valence-corrected chi connectivity index (χ0v) is 11.0. The monoisotopic (exact) mass is 277 g/mol. The lowest BCUT2D eigenvalue weighted by Crippen LogP contribution is -2.43. The molecule has 1 aliphatic rings. The van der Waals surface area contributed by atoms with Crippen LogP contribution in [-0.2, 0) is 4.79 Å². The van der Waals surface area contributed by atoms with Crippen molar-refractivity contribution in [1.29, 1.82) is 0 Å². The fraction of sp³-hybridized carbons (Fsp3) is 0.385. The Labute approximate surface area is 115 Å². The normalized spacial score (nSPS) is 18.8. The van der Waals surface area contributed by atoms with Crippen LogP contribution < -0.4 is 5.32 Å². The Morgan fingerprint density at radius 2 is 2.25 bits per heavy atom. The summed E-state index contributed by atoms with van der Waals surface area (Å²) in [5.41, 5.74) is 0.501. The highest BCUT2D eigenvalue weighted by molar-refractivity contribution is 5.80. The highest BCUT2D eigenvalue weighted by Crippen LogP contribution is 2.27. The van der Waals surface area contributed by atoms with Crippen molar-refractivity contribution in [1.82, 2.24) is 4.90 Å². The van der Waals surface area contributed by atoms with E-state index >= 15 is 0 Å². The molecule has 7 nitrogen and oxygen atoms in total. The SMILES string of the molecule is CN1CC(Nc2ccc(C=O)cc2[N+](=O)[O-])CCC1=O. The third kappa shape index (κ3) is 2.93. The van der Waals surface area contributed by atoms with Gasteiger partial charge in [0.05, 0.1) is 4.92 Å². The molecule has 0 radical (unpaired) electrons. The molecule has 0 aliphatic carbocycles. The van der Waals surface area contributed by atoms with E-state index in [9.17, 15) is 19.7 Å². The number of nitrogens with one attached hydrogen (secondary N) is 1. The number of rotatable bonds is 4. The zero-order chi connectivity index (χ0) is 14.7. The summed E-state index contributed by atoms with van der Waals surface area (Å²) in [4.78, 5) is 34.2. The van der Waals surface area contributed by atoms with Gasteiger partial charge in [-0.2, -0.15) is 0 Å². The van der Waals surface area contributed by atoms with Gasteiger partial charge in [-0.1, -0.05) is 0 Å². The number of benzene rings is 1. The quantitative estimate of drug-likeness (QED) is 0.510. The molecule has 1 fully saturated rings. The molecule has 1 unspecified atom stereocenters. The van der Waals surface area contributed by atoms with E-state index in [2.05, 4.69) is 5.32 Å². The van der Waals surface area contributed by atoms with Crippen molar-refractivity contribution in [2.24, 2.45) is 0 Å². The van der Waals surface area contributed by atoms with Crippen LogP contribution >= 0.6 is 0 Å². The minimum atomic E-state index is -0.521. The molecule has 1 aliphatic heterocycles. The van der Waals surface area contributed by atoms with Gasteiger partial charge in [0.25, 0.3) is 5.69 Å². The predicted octanol–water partition coefficient (Wildman–Crippen LogP) is 1.44. The molecule has 1 saturated heterocycles. The number of carbonyl (C=O) groups excluding carboxylic acids is 2. The van der Waals surface area contributed by atoms with Gasteiger partial charge in [-0.05, 0) is 18.6 Å². The van der Waals surface area contributed by atoms with E-state index < -0.39 is 4.92 Å². The average molecular weight is 277 g/mol. The number of anilines is 1. The summed E-state index contributed by atoms with van der Waals surface area (Å²) >= 11 is 0. The maximum Gasteiger partial charge on any atom is 0.293 e. The van der Waals surface area contributed by atoms with Crippen molar-refractivity contribution in [2.45, 2.75) is 18.9 Å². The second-order valence-corrected chi connectivity index (χ2v) is 4.81. The highest BCUT2D eigenvalue weighted by Gasteiger charge is 2.25. The third-order valence-electron chi connectivity index (χ3n) is 3.34. The second-order valence-electron chi connectivity index (χ2n) is 4.81. The topological polar surface area (TPSA) is 92.6 Å². The van der Waals surface area contributed by atoms with Gasteiger partial charge in [0, 0.05) is 37.7 Å². The molecule has 20 heavy (non-hydrogen) atoms. The Morgan fingerprint density at radius 3 is 2.85 bits per heavy atom. The summed E-state index contributed by atoms with van der Waals surface area (Å²) in [6, 6.07) is 4.27. The van der Waals surface area contributed by atoms with E-state index in [0.29, 0.717) is 31.4 Å². The van der Waals surface area contributed by atoms with E-state index in [1.807, 2.05) is 0 Å². The molecule has 106 valence electrons. The van der Waals surface area contributed by atoms with Crippen LogP contribution in [0.1, 0.15) is 23.2 Å². The maximum atomic E-state index is 11.4. The number of aldehydes is 1. The fourth-order valence-corrected chi connectivity index (χ4v) is 2.25. The number of piperidine rings is 1. The van der Waals surface area contributed by atoms with Gasteiger partial charge in [-0.15, -0.1) is 0 Å². The molecule has 1 atom stereocenters. The van der Waals surface area contributed by atoms with Crippen molar-refractivity contribution in [3.8, 4) is 0 Å². The molecule has 1 amide bonds. The van der Waals surface area contributed by atoms with Crippen molar-refractivity contribution in [3.63, 3.8) is 0 Å². The number of nitrogens with zero attached hydrogens (tertiary/aromatic N) is 2. The Morgan fingerprint density at radius 1 is 1.50 bits per heavy atom.